The molecule has 1 rings (SSSR count). The van der Waals surface area contributed by atoms with Gasteiger partial charge in [0.15, 0.2) is 0 Å². The largest absolute Gasteiger partial charge is 0.375 e. The van der Waals surface area contributed by atoms with E-state index in [-0.39, 0.29) is 72.3 Å². The molecule has 0 saturated carbocycles. The van der Waals surface area contributed by atoms with Crippen LogP contribution in [0.25, 0.3) is 0 Å². The number of nitrogens with two attached hydrogens (primary N) is 1. The lowest BCUT2D eigenvalue weighted by Gasteiger charge is -2.32. The predicted molar refractivity (Wildman–Crippen MR) is 211 cm³/mol. The highest BCUT2D eigenvalue weighted by Gasteiger charge is 2.44. The van der Waals surface area contributed by atoms with Gasteiger partial charge in [-0.2, -0.15) is 0 Å². The Labute approximate surface area is 325 Å². The molecular weight excluding hydrogens is 690 g/mol. The molecule has 13 heteroatoms. The summed E-state index contributed by atoms with van der Waals surface area (Å²) in [6, 6.07) is -0.712. The maximum Gasteiger partial charge on any atom is 0.245 e. The van der Waals surface area contributed by atoms with Crippen molar-refractivity contribution >= 4 is 35.4 Å². The molecule has 0 aromatic rings. The summed E-state index contributed by atoms with van der Waals surface area (Å²) in [6.45, 7) is 17.4. The number of rotatable bonds is 30. The zero-order valence-corrected chi connectivity index (χ0v) is 35.0. The van der Waals surface area contributed by atoms with Gasteiger partial charge in [0.05, 0.1) is 24.7 Å². The van der Waals surface area contributed by atoms with Gasteiger partial charge in [0.25, 0.3) is 0 Å². The highest BCUT2D eigenvalue weighted by Crippen LogP contribution is 2.35. The molecule has 5 N–H and O–H groups in total. The molecule has 0 spiro atoms. The molecule has 0 bridgehead atoms. The Hall–Kier alpha value is -3.06. The van der Waals surface area contributed by atoms with Crippen LogP contribution in [0.4, 0.5) is 0 Å². The van der Waals surface area contributed by atoms with Crippen molar-refractivity contribution in [3.63, 3.8) is 0 Å². The number of imide groups is 1. The third kappa shape index (κ3) is 21.7. The van der Waals surface area contributed by atoms with E-state index in [1.807, 2.05) is 48.5 Å². The molecule has 0 radical (unpaired) electrons. The number of nitrogens with zero attached hydrogens (tertiary/aromatic N) is 1. The number of likely N-dealkylation sites (tertiary alicyclic amines) is 1. The maximum absolute atomic E-state index is 12.7. The zero-order valence-electron chi connectivity index (χ0n) is 35.0. The Morgan fingerprint density at radius 2 is 1.39 bits per heavy atom. The highest BCUT2D eigenvalue weighted by atomic mass is 16.5. The molecule has 1 heterocycles. The van der Waals surface area contributed by atoms with Gasteiger partial charge in [-0.15, -0.1) is 0 Å². The van der Waals surface area contributed by atoms with Crippen molar-refractivity contribution in [1.82, 2.24) is 20.9 Å². The first-order chi connectivity index (χ1) is 25.3. The van der Waals surface area contributed by atoms with Crippen LogP contribution < -0.4 is 21.7 Å². The number of hydrogen-bond acceptors (Lipinski definition) is 8. The molecule has 1 fully saturated rings. The normalized spacial score (nSPS) is 15.7. The number of nitrogens with one attached hydrogen (secondary N) is 3. The maximum atomic E-state index is 12.7. The molecule has 13 nitrogen and oxygen atoms in total. The topological polar surface area (TPSA) is 186 Å². The number of amides is 6. The molecule has 2 unspecified atom stereocenters. The molecule has 54 heavy (non-hydrogen) atoms. The van der Waals surface area contributed by atoms with E-state index in [1.54, 1.807) is 0 Å². The quantitative estimate of drug-likeness (QED) is 0.0559. The van der Waals surface area contributed by atoms with Crippen molar-refractivity contribution < 1.29 is 38.2 Å². The summed E-state index contributed by atoms with van der Waals surface area (Å²) in [4.78, 5) is 75.2. The first-order valence-corrected chi connectivity index (χ1v) is 20.5. The summed E-state index contributed by atoms with van der Waals surface area (Å²) in [5.74, 6) is -1.94. The van der Waals surface area contributed by atoms with Crippen LogP contribution in [0.3, 0.4) is 0 Å². The van der Waals surface area contributed by atoms with E-state index in [9.17, 15) is 28.8 Å². The fourth-order valence-corrected chi connectivity index (χ4v) is 6.22. The second-order valence-corrected chi connectivity index (χ2v) is 17.5. The zero-order chi connectivity index (χ0) is 40.8. The van der Waals surface area contributed by atoms with Crippen molar-refractivity contribution in [2.24, 2.45) is 22.5 Å². The van der Waals surface area contributed by atoms with E-state index in [0.717, 1.165) is 19.3 Å². The minimum absolute atomic E-state index is 0.0580. The van der Waals surface area contributed by atoms with Gasteiger partial charge in [-0.25, -0.2) is 0 Å². The van der Waals surface area contributed by atoms with Crippen LogP contribution in [0.5, 0.6) is 0 Å². The molecule has 312 valence electrons. The molecule has 6 amide bonds. The van der Waals surface area contributed by atoms with Gasteiger partial charge in [-0.3, -0.25) is 33.7 Å². The minimum Gasteiger partial charge on any atom is -0.375 e. The van der Waals surface area contributed by atoms with Gasteiger partial charge in [-0.05, 0) is 51.4 Å². The summed E-state index contributed by atoms with van der Waals surface area (Å²) in [5.41, 5.74) is 4.31. The number of carbonyl (C=O) groups is 6. The van der Waals surface area contributed by atoms with E-state index in [1.165, 1.54) is 43.4 Å². The van der Waals surface area contributed by atoms with Gasteiger partial charge < -0.3 is 31.2 Å². The highest BCUT2D eigenvalue weighted by molar-refractivity contribution is 6.04. The lowest BCUT2D eigenvalue weighted by Crippen LogP contribution is -2.44. The van der Waals surface area contributed by atoms with E-state index in [4.69, 9.17) is 15.2 Å². The van der Waals surface area contributed by atoms with Gasteiger partial charge in [0, 0.05) is 44.3 Å². The molecule has 2 atom stereocenters. The number of carbonyl (C=O) groups excluding carboxylic acids is 6. The Morgan fingerprint density at radius 3 is 1.98 bits per heavy atom. The number of ether oxygens (including phenoxy) is 2. The SMILES string of the molecule is CCCCCCCCCCCC(=O)NC(CCCCNC(=O)COCC(C)(C)COC(C)(C)CCNC(=O)CCN1C(=O)CC(C(C)(C)C)C1=O)C(N)=O. The molecule has 1 saturated heterocycles. The molecular formula is C41H75N5O8. The lowest BCUT2D eigenvalue weighted by atomic mass is 9.80. The number of unbranched alkanes of at least 4 members (excludes halogenated alkanes) is 9. The molecule has 1 aliphatic heterocycles. The standard InChI is InChI=1S/C41H75N5O8/c1-9-10-11-12-13-14-15-16-17-21-34(48)45-32(37(42)51)20-18-19-24-43-35(49)28-53-29-40(5,6)30-54-41(7,8)23-25-44-33(47)22-26-46-36(50)27-31(38(46)52)39(2,3)4/h31-32H,9-30H2,1-8H3,(H2,42,51)(H,43,49)(H,44,47)(H,45,48). The summed E-state index contributed by atoms with van der Waals surface area (Å²) in [7, 11) is 0. The monoisotopic (exact) mass is 766 g/mol. The van der Waals surface area contributed by atoms with E-state index in [2.05, 4.69) is 22.9 Å². The first-order valence-electron chi connectivity index (χ1n) is 20.5. The van der Waals surface area contributed by atoms with Crippen LogP contribution in [0.1, 0.15) is 158 Å². The molecule has 0 aromatic heterocycles. The second-order valence-electron chi connectivity index (χ2n) is 17.5. The smallest absolute Gasteiger partial charge is 0.245 e. The number of hydrogen-bond donors (Lipinski definition) is 4. The van der Waals surface area contributed by atoms with Crippen LogP contribution in [-0.2, 0) is 38.2 Å². The summed E-state index contributed by atoms with van der Waals surface area (Å²) in [6.07, 6.45) is 13.4. The van der Waals surface area contributed by atoms with E-state index >= 15 is 0 Å². The van der Waals surface area contributed by atoms with E-state index < -0.39 is 17.6 Å². The molecule has 1 aliphatic rings. The first kappa shape index (κ1) is 49.0. The van der Waals surface area contributed by atoms with Crippen molar-refractivity contribution in [1.29, 1.82) is 0 Å². The third-order valence-corrected chi connectivity index (χ3v) is 9.91. The molecule has 0 aliphatic carbocycles. The Morgan fingerprint density at radius 1 is 0.778 bits per heavy atom. The third-order valence-electron chi connectivity index (χ3n) is 9.91. The fourth-order valence-electron chi connectivity index (χ4n) is 6.22. The van der Waals surface area contributed by atoms with Crippen LogP contribution in [0, 0.1) is 16.7 Å². The average Bonchev–Trinajstić information content (AvgIpc) is 3.37. The van der Waals surface area contributed by atoms with Crippen molar-refractivity contribution in [2.75, 3.05) is 39.5 Å². The Balaban J connectivity index is 2.20. The van der Waals surface area contributed by atoms with Gasteiger partial charge in [0.1, 0.15) is 12.6 Å². The second kappa shape index (κ2) is 25.2. The Bertz CT molecular complexity index is 1180. The Kier molecular flexibility index (Phi) is 22.8. The summed E-state index contributed by atoms with van der Waals surface area (Å²) >= 11 is 0. The van der Waals surface area contributed by atoms with Gasteiger partial charge in [0.2, 0.25) is 35.4 Å². The number of primary amides is 1. The van der Waals surface area contributed by atoms with Crippen LogP contribution >= 0.6 is 0 Å². The summed E-state index contributed by atoms with van der Waals surface area (Å²) in [5, 5.41) is 8.46. The lowest BCUT2D eigenvalue weighted by molar-refractivity contribution is -0.140. The van der Waals surface area contributed by atoms with Crippen LogP contribution in [0.15, 0.2) is 0 Å². The van der Waals surface area contributed by atoms with Crippen molar-refractivity contribution in [2.45, 2.75) is 170 Å². The van der Waals surface area contributed by atoms with Crippen LogP contribution in [0.2, 0.25) is 0 Å². The fraction of sp³-hybridized carbons (Fsp3) is 0.854. The van der Waals surface area contributed by atoms with Crippen LogP contribution in [-0.4, -0.2) is 91.4 Å². The van der Waals surface area contributed by atoms with Crippen molar-refractivity contribution in [3.8, 4) is 0 Å². The summed E-state index contributed by atoms with van der Waals surface area (Å²) < 4.78 is 11.8. The molecule has 0 aromatic carbocycles. The van der Waals surface area contributed by atoms with E-state index in [0.29, 0.717) is 58.4 Å². The van der Waals surface area contributed by atoms with Crippen molar-refractivity contribution in [3.05, 3.63) is 0 Å². The van der Waals surface area contributed by atoms with Gasteiger partial charge >= 0.3 is 0 Å². The predicted octanol–water partition coefficient (Wildman–Crippen LogP) is 5.32. The van der Waals surface area contributed by atoms with Gasteiger partial charge in [-0.1, -0.05) is 92.9 Å². The average molecular weight is 766 g/mol. The minimum atomic E-state index is -0.712.